The lowest BCUT2D eigenvalue weighted by atomic mass is 10.0. The molecule has 1 aliphatic heterocycles. The molecule has 0 radical (unpaired) electrons. The van der Waals surface area contributed by atoms with Gasteiger partial charge in [-0.25, -0.2) is 9.18 Å². The number of halogens is 1. The van der Waals surface area contributed by atoms with Crippen LogP contribution >= 0.6 is 0 Å². The number of hydrogen-bond acceptors (Lipinski definition) is 2. The minimum Gasteiger partial charge on any atom is -0.339 e. The highest BCUT2D eigenvalue weighted by atomic mass is 19.1. The fraction of sp³-hybridized carbons (Fsp3) is 0.600. The zero-order chi connectivity index (χ0) is 18.5. The molecule has 0 atom stereocenters. The lowest BCUT2D eigenvalue weighted by Gasteiger charge is -2.35. The summed E-state index contributed by atoms with van der Waals surface area (Å²) in [4.78, 5) is 28.3. The van der Waals surface area contributed by atoms with Crippen molar-refractivity contribution < 1.29 is 14.0 Å². The molecule has 0 bridgehead atoms. The number of carbonyl (C=O) groups is 2. The van der Waals surface area contributed by atoms with Crippen LogP contribution in [0.4, 0.5) is 9.18 Å². The molecule has 0 unspecified atom stereocenters. The predicted molar refractivity (Wildman–Crippen MR) is 98.1 cm³/mol. The number of hydrogen-bond donors (Lipinski definition) is 1. The molecule has 5 nitrogen and oxygen atoms in total. The minimum atomic E-state index is -0.258. The molecule has 1 saturated heterocycles. The van der Waals surface area contributed by atoms with E-state index in [9.17, 15) is 14.0 Å². The molecule has 1 aromatic carbocycles. The van der Waals surface area contributed by atoms with Crippen LogP contribution in [0, 0.1) is 18.7 Å². The molecule has 142 valence electrons. The van der Waals surface area contributed by atoms with Crippen molar-refractivity contribution in [1.29, 1.82) is 0 Å². The second kappa shape index (κ2) is 8.52. The monoisotopic (exact) mass is 361 g/mol. The Morgan fingerprint density at radius 1 is 1.12 bits per heavy atom. The third-order valence-corrected chi connectivity index (χ3v) is 5.54. The smallest absolute Gasteiger partial charge is 0.317 e. The van der Waals surface area contributed by atoms with E-state index in [0.29, 0.717) is 50.6 Å². The molecule has 1 N–H and O–H groups in total. The summed E-state index contributed by atoms with van der Waals surface area (Å²) in [6.45, 7) is 4.30. The van der Waals surface area contributed by atoms with Crippen molar-refractivity contribution in [3.8, 4) is 0 Å². The summed E-state index contributed by atoms with van der Waals surface area (Å²) in [6, 6.07) is 4.83. The second-order valence-electron chi connectivity index (χ2n) is 7.46. The van der Waals surface area contributed by atoms with Gasteiger partial charge in [0, 0.05) is 39.1 Å². The minimum absolute atomic E-state index is 0.158. The zero-order valence-corrected chi connectivity index (χ0v) is 15.5. The highest BCUT2D eigenvalue weighted by molar-refractivity contribution is 5.78. The molecular weight excluding hydrogens is 333 g/mol. The number of piperazine rings is 1. The quantitative estimate of drug-likeness (QED) is 0.896. The van der Waals surface area contributed by atoms with Crippen molar-refractivity contribution in [3.63, 3.8) is 0 Å². The summed E-state index contributed by atoms with van der Waals surface area (Å²) in [6.07, 6.45) is 5.50. The number of carbonyl (C=O) groups excluding carboxylic acids is 2. The number of amides is 3. The number of benzene rings is 1. The molecule has 0 aromatic heterocycles. The van der Waals surface area contributed by atoms with Crippen LogP contribution in [-0.2, 0) is 11.3 Å². The van der Waals surface area contributed by atoms with Crippen LogP contribution in [0.25, 0.3) is 0 Å². The van der Waals surface area contributed by atoms with Gasteiger partial charge in [0.25, 0.3) is 0 Å². The van der Waals surface area contributed by atoms with Crippen molar-refractivity contribution >= 4 is 11.9 Å². The van der Waals surface area contributed by atoms with Gasteiger partial charge in [-0.3, -0.25) is 4.79 Å². The van der Waals surface area contributed by atoms with Crippen molar-refractivity contribution in [3.05, 3.63) is 35.1 Å². The summed E-state index contributed by atoms with van der Waals surface area (Å²) in [5.41, 5.74) is 1.34. The van der Waals surface area contributed by atoms with E-state index in [0.717, 1.165) is 5.56 Å². The molecule has 0 spiro atoms. The van der Waals surface area contributed by atoms with Crippen molar-refractivity contribution in [2.24, 2.45) is 5.92 Å². The van der Waals surface area contributed by atoms with E-state index in [1.54, 1.807) is 17.9 Å². The van der Waals surface area contributed by atoms with Gasteiger partial charge in [0.1, 0.15) is 5.82 Å². The second-order valence-corrected chi connectivity index (χ2v) is 7.46. The van der Waals surface area contributed by atoms with Gasteiger partial charge in [-0.15, -0.1) is 0 Å². The van der Waals surface area contributed by atoms with Gasteiger partial charge in [0.2, 0.25) is 5.91 Å². The molecule has 6 heteroatoms. The Balaban J connectivity index is 1.41. The summed E-state index contributed by atoms with van der Waals surface area (Å²) in [5.74, 6) is 0.525. The van der Waals surface area contributed by atoms with Crippen molar-refractivity contribution in [2.45, 2.75) is 45.6 Å². The Labute approximate surface area is 154 Å². The van der Waals surface area contributed by atoms with E-state index in [1.165, 1.54) is 31.7 Å². The molecule has 26 heavy (non-hydrogen) atoms. The average molecular weight is 361 g/mol. The maximum atomic E-state index is 13.6. The third kappa shape index (κ3) is 4.74. The van der Waals surface area contributed by atoms with E-state index in [2.05, 4.69) is 5.32 Å². The van der Waals surface area contributed by atoms with Gasteiger partial charge in [0.05, 0.1) is 0 Å². The Bertz CT molecular complexity index is 650. The molecule has 2 aliphatic rings. The summed E-state index contributed by atoms with van der Waals surface area (Å²) < 4.78 is 13.6. The molecule has 1 heterocycles. The first-order chi connectivity index (χ1) is 12.5. The predicted octanol–water partition coefficient (Wildman–Crippen LogP) is 3.07. The van der Waals surface area contributed by atoms with Crippen molar-refractivity contribution in [2.75, 3.05) is 26.2 Å². The van der Waals surface area contributed by atoms with Crippen LogP contribution in [0.3, 0.4) is 0 Å². The lowest BCUT2D eigenvalue weighted by Crippen LogP contribution is -2.53. The fourth-order valence-electron chi connectivity index (χ4n) is 3.79. The van der Waals surface area contributed by atoms with Crippen LogP contribution in [0.2, 0.25) is 0 Å². The Morgan fingerprint density at radius 2 is 1.77 bits per heavy atom. The molecule has 1 aliphatic carbocycles. The molecule has 2 fully saturated rings. The van der Waals surface area contributed by atoms with E-state index >= 15 is 0 Å². The number of urea groups is 1. The molecule has 3 amide bonds. The first-order valence-corrected chi connectivity index (χ1v) is 9.58. The van der Waals surface area contributed by atoms with Crippen LogP contribution < -0.4 is 5.32 Å². The SMILES string of the molecule is Cc1ccc(CNC(=O)N2CCN(C(=O)CC3CCCC3)CC2)cc1F. The van der Waals surface area contributed by atoms with E-state index in [4.69, 9.17) is 0 Å². The molecule has 3 rings (SSSR count). The summed E-state index contributed by atoms with van der Waals surface area (Å²) >= 11 is 0. The van der Waals surface area contributed by atoms with Crippen LogP contribution in [-0.4, -0.2) is 47.9 Å². The van der Waals surface area contributed by atoms with Gasteiger partial charge >= 0.3 is 6.03 Å². The van der Waals surface area contributed by atoms with E-state index in [1.807, 2.05) is 11.0 Å². The largest absolute Gasteiger partial charge is 0.339 e. The average Bonchev–Trinajstić information content (AvgIpc) is 3.15. The maximum Gasteiger partial charge on any atom is 0.317 e. The topological polar surface area (TPSA) is 52.7 Å². The standard InChI is InChI=1S/C20H28FN3O2/c1-15-6-7-17(12-18(15)21)14-22-20(26)24-10-8-23(9-11-24)19(25)13-16-4-2-3-5-16/h6-7,12,16H,2-5,8-11,13-14H2,1H3,(H,22,26). The fourth-order valence-corrected chi connectivity index (χ4v) is 3.79. The van der Waals surface area contributed by atoms with Crippen LogP contribution in [0.1, 0.15) is 43.2 Å². The molecule has 1 saturated carbocycles. The van der Waals surface area contributed by atoms with Crippen LogP contribution in [0.5, 0.6) is 0 Å². The van der Waals surface area contributed by atoms with E-state index < -0.39 is 0 Å². The highest BCUT2D eigenvalue weighted by Crippen LogP contribution is 2.28. The Hall–Kier alpha value is -2.11. The number of nitrogens with zero attached hydrogens (tertiary/aromatic N) is 2. The zero-order valence-electron chi connectivity index (χ0n) is 15.5. The number of nitrogens with one attached hydrogen (secondary N) is 1. The normalized spacial score (nSPS) is 18.2. The van der Waals surface area contributed by atoms with Crippen LogP contribution in [0.15, 0.2) is 18.2 Å². The van der Waals surface area contributed by atoms with Gasteiger partial charge in [-0.2, -0.15) is 0 Å². The first kappa shape index (κ1) is 18.7. The third-order valence-electron chi connectivity index (χ3n) is 5.54. The number of rotatable bonds is 4. The number of aryl methyl sites for hydroxylation is 1. The summed E-state index contributed by atoms with van der Waals surface area (Å²) in [7, 11) is 0. The Morgan fingerprint density at radius 3 is 2.42 bits per heavy atom. The van der Waals surface area contributed by atoms with Gasteiger partial charge in [-0.05, 0) is 42.9 Å². The molecular formula is C20H28FN3O2. The maximum absolute atomic E-state index is 13.6. The lowest BCUT2D eigenvalue weighted by molar-refractivity contribution is -0.133. The van der Waals surface area contributed by atoms with E-state index in [-0.39, 0.29) is 17.8 Å². The summed E-state index contributed by atoms with van der Waals surface area (Å²) in [5, 5.41) is 2.84. The van der Waals surface area contributed by atoms with Crippen molar-refractivity contribution in [1.82, 2.24) is 15.1 Å². The van der Waals surface area contributed by atoms with Gasteiger partial charge < -0.3 is 15.1 Å². The highest BCUT2D eigenvalue weighted by Gasteiger charge is 2.26. The van der Waals surface area contributed by atoms with Gasteiger partial charge in [-0.1, -0.05) is 25.0 Å². The Kier molecular flexibility index (Phi) is 6.12. The first-order valence-electron chi connectivity index (χ1n) is 9.58. The molecule has 1 aromatic rings. The van der Waals surface area contributed by atoms with Gasteiger partial charge in [0.15, 0.2) is 0 Å².